The van der Waals surface area contributed by atoms with Crippen LogP contribution in [-0.2, 0) is 6.42 Å². The number of rotatable bonds is 5. The molecule has 0 aliphatic heterocycles. The summed E-state index contributed by atoms with van der Waals surface area (Å²) in [5.74, 6) is 1.43. The average Bonchev–Trinajstić information content (AvgIpc) is 3.18. The van der Waals surface area contributed by atoms with Crippen molar-refractivity contribution in [3.63, 3.8) is 0 Å². The number of benzene rings is 1. The van der Waals surface area contributed by atoms with Gasteiger partial charge >= 0.3 is 6.03 Å². The number of aromatic nitrogens is 1. The summed E-state index contributed by atoms with van der Waals surface area (Å²) in [5, 5.41) is 7.59. The van der Waals surface area contributed by atoms with E-state index in [0.29, 0.717) is 18.9 Å². The number of aryl methyl sites for hydroxylation is 1. The van der Waals surface area contributed by atoms with Crippen molar-refractivity contribution in [2.45, 2.75) is 13.3 Å². The van der Waals surface area contributed by atoms with Crippen LogP contribution in [0, 0.1) is 6.92 Å². The minimum Gasteiger partial charge on any atom is -0.440 e. The molecule has 2 amide bonds. The zero-order valence-corrected chi connectivity index (χ0v) is 13.5. The molecular weight excluding hydrogens is 310 g/mol. The predicted octanol–water partition coefficient (Wildman–Crippen LogP) is 4.08. The van der Waals surface area contributed by atoms with Crippen LogP contribution >= 0.6 is 11.3 Å². The Kier molecular flexibility index (Phi) is 4.73. The molecule has 0 unspecified atom stereocenters. The third kappa shape index (κ3) is 3.98. The summed E-state index contributed by atoms with van der Waals surface area (Å²) in [7, 11) is 0. The number of hydrogen-bond acceptors (Lipinski definition) is 4. The van der Waals surface area contributed by atoms with Crippen LogP contribution in [0.25, 0.3) is 10.8 Å². The van der Waals surface area contributed by atoms with E-state index >= 15 is 0 Å². The molecule has 0 aliphatic carbocycles. The van der Waals surface area contributed by atoms with Crippen molar-refractivity contribution < 1.29 is 9.21 Å². The van der Waals surface area contributed by atoms with Crippen molar-refractivity contribution in [2.75, 3.05) is 11.9 Å². The van der Waals surface area contributed by atoms with Crippen LogP contribution in [-0.4, -0.2) is 17.6 Å². The lowest BCUT2D eigenvalue weighted by molar-refractivity contribution is 0.252. The van der Waals surface area contributed by atoms with Crippen molar-refractivity contribution in [1.82, 2.24) is 10.3 Å². The Hall–Kier alpha value is -2.60. The number of urea groups is 1. The lowest BCUT2D eigenvalue weighted by atomic mass is 10.3. The van der Waals surface area contributed by atoms with Crippen LogP contribution in [0.1, 0.15) is 11.5 Å². The van der Waals surface area contributed by atoms with E-state index in [-0.39, 0.29) is 6.03 Å². The highest BCUT2D eigenvalue weighted by atomic mass is 32.1. The molecule has 3 rings (SSSR count). The lowest BCUT2D eigenvalue weighted by Gasteiger charge is -2.06. The molecule has 2 heterocycles. The fraction of sp³-hybridized carbons (Fsp3) is 0.176. The highest BCUT2D eigenvalue weighted by Gasteiger charge is 2.12. The first-order chi connectivity index (χ1) is 11.2. The summed E-state index contributed by atoms with van der Waals surface area (Å²) in [6.45, 7) is 2.39. The Balaban J connectivity index is 1.52. The second-order valence-corrected chi connectivity index (χ2v) is 5.94. The molecule has 0 radical (unpaired) electrons. The summed E-state index contributed by atoms with van der Waals surface area (Å²) in [6, 6.07) is 13.1. The van der Waals surface area contributed by atoms with Gasteiger partial charge in [-0.05, 0) is 30.5 Å². The summed E-state index contributed by atoms with van der Waals surface area (Å²) in [6.07, 6.45) is 0.628. The number of hydrogen-bond donors (Lipinski definition) is 2. The van der Waals surface area contributed by atoms with E-state index < -0.39 is 0 Å². The normalized spacial score (nSPS) is 10.5. The van der Waals surface area contributed by atoms with Gasteiger partial charge in [-0.3, -0.25) is 0 Å². The third-order valence-electron chi connectivity index (χ3n) is 3.30. The van der Waals surface area contributed by atoms with Crippen LogP contribution in [0.4, 0.5) is 10.5 Å². The summed E-state index contributed by atoms with van der Waals surface area (Å²) in [5.41, 5.74) is 1.64. The van der Waals surface area contributed by atoms with E-state index in [1.54, 1.807) is 11.3 Å². The van der Waals surface area contributed by atoms with Gasteiger partial charge in [-0.1, -0.05) is 24.3 Å². The van der Waals surface area contributed by atoms with E-state index in [9.17, 15) is 4.79 Å². The quantitative estimate of drug-likeness (QED) is 0.742. The molecule has 0 saturated carbocycles. The number of amides is 2. The number of para-hydroxylation sites is 1. The van der Waals surface area contributed by atoms with Crippen molar-refractivity contribution in [2.24, 2.45) is 0 Å². The number of anilines is 1. The van der Waals surface area contributed by atoms with Crippen molar-refractivity contribution in [3.8, 4) is 10.8 Å². The molecule has 6 heteroatoms. The molecule has 2 N–H and O–H groups in total. The molecule has 1 aromatic carbocycles. The van der Waals surface area contributed by atoms with Crippen LogP contribution in [0.5, 0.6) is 0 Å². The maximum atomic E-state index is 11.8. The molecule has 23 heavy (non-hydrogen) atoms. The topological polar surface area (TPSA) is 67.2 Å². The third-order valence-corrected chi connectivity index (χ3v) is 4.16. The first kappa shape index (κ1) is 15.3. The second kappa shape index (κ2) is 7.11. The van der Waals surface area contributed by atoms with Crippen molar-refractivity contribution in [3.05, 3.63) is 59.3 Å². The number of carbonyl (C=O) groups is 1. The molecular formula is C17H17N3O2S. The van der Waals surface area contributed by atoms with Crippen molar-refractivity contribution in [1.29, 1.82) is 0 Å². The maximum absolute atomic E-state index is 11.8. The number of oxazole rings is 1. The SMILES string of the molecule is Cc1oc(-c2cccs2)nc1CCNC(=O)Nc1ccccc1. The molecule has 5 nitrogen and oxygen atoms in total. The Morgan fingerprint density at radius 2 is 2.04 bits per heavy atom. The van der Waals surface area contributed by atoms with Gasteiger partial charge in [0.15, 0.2) is 0 Å². The molecule has 0 fully saturated rings. The Morgan fingerprint density at radius 3 is 2.78 bits per heavy atom. The van der Waals surface area contributed by atoms with Crippen molar-refractivity contribution >= 4 is 23.1 Å². The van der Waals surface area contributed by atoms with E-state index in [0.717, 1.165) is 22.0 Å². The van der Waals surface area contributed by atoms with E-state index in [2.05, 4.69) is 15.6 Å². The monoisotopic (exact) mass is 327 g/mol. The smallest absolute Gasteiger partial charge is 0.319 e. The standard InChI is InChI=1S/C17H17N3O2S/c1-12-14(20-16(22-12)15-8-5-11-23-15)9-10-18-17(21)19-13-6-3-2-4-7-13/h2-8,11H,9-10H2,1H3,(H2,18,19,21). The van der Waals surface area contributed by atoms with Crippen LogP contribution < -0.4 is 10.6 Å². The molecule has 3 aromatic rings. The average molecular weight is 327 g/mol. The minimum absolute atomic E-state index is 0.226. The summed E-state index contributed by atoms with van der Waals surface area (Å²) in [4.78, 5) is 17.3. The Labute approximate surface area is 138 Å². The summed E-state index contributed by atoms with van der Waals surface area (Å²) >= 11 is 1.59. The van der Waals surface area contributed by atoms with Gasteiger partial charge in [-0.15, -0.1) is 11.3 Å². The van der Waals surface area contributed by atoms with E-state index in [1.165, 1.54) is 0 Å². The Morgan fingerprint density at radius 1 is 1.22 bits per heavy atom. The molecule has 118 valence electrons. The highest BCUT2D eigenvalue weighted by molar-refractivity contribution is 7.13. The molecule has 2 aromatic heterocycles. The van der Waals surface area contributed by atoms with Crippen LogP contribution in [0.3, 0.4) is 0 Å². The predicted molar refractivity (Wildman–Crippen MR) is 91.7 cm³/mol. The van der Waals surface area contributed by atoms with Gasteiger partial charge in [0.05, 0.1) is 10.6 Å². The summed E-state index contributed by atoms with van der Waals surface area (Å²) < 4.78 is 5.68. The fourth-order valence-electron chi connectivity index (χ4n) is 2.16. The number of nitrogens with one attached hydrogen (secondary N) is 2. The molecule has 0 saturated heterocycles. The first-order valence-corrected chi connectivity index (χ1v) is 8.20. The van der Waals surface area contributed by atoms with Gasteiger partial charge in [-0.25, -0.2) is 9.78 Å². The number of carbonyl (C=O) groups excluding carboxylic acids is 1. The van der Waals surface area contributed by atoms with E-state index in [1.807, 2.05) is 54.8 Å². The van der Waals surface area contributed by atoms with Gasteiger partial charge in [0.2, 0.25) is 5.89 Å². The lowest BCUT2D eigenvalue weighted by Crippen LogP contribution is -2.30. The molecule has 0 spiro atoms. The maximum Gasteiger partial charge on any atom is 0.319 e. The van der Waals surface area contributed by atoms with Gasteiger partial charge in [0.1, 0.15) is 5.76 Å². The minimum atomic E-state index is -0.226. The van der Waals surface area contributed by atoms with Crippen LogP contribution in [0.2, 0.25) is 0 Å². The van der Waals surface area contributed by atoms with Crippen LogP contribution in [0.15, 0.2) is 52.3 Å². The molecule has 0 atom stereocenters. The molecule has 0 aliphatic rings. The largest absolute Gasteiger partial charge is 0.440 e. The molecule has 0 bridgehead atoms. The first-order valence-electron chi connectivity index (χ1n) is 7.32. The van der Waals surface area contributed by atoms with Gasteiger partial charge in [-0.2, -0.15) is 0 Å². The zero-order valence-electron chi connectivity index (χ0n) is 12.7. The van der Waals surface area contributed by atoms with Gasteiger partial charge in [0, 0.05) is 18.7 Å². The zero-order chi connectivity index (χ0) is 16.1. The second-order valence-electron chi connectivity index (χ2n) is 5.00. The van der Waals surface area contributed by atoms with Gasteiger partial charge in [0.25, 0.3) is 0 Å². The van der Waals surface area contributed by atoms with Gasteiger partial charge < -0.3 is 15.1 Å². The number of nitrogens with zero attached hydrogens (tertiary/aromatic N) is 1. The number of thiophene rings is 1. The Bertz CT molecular complexity index is 767. The fourth-order valence-corrected chi connectivity index (χ4v) is 2.81. The highest BCUT2D eigenvalue weighted by Crippen LogP contribution is 2.25. The van der Waals surface area contributed by atoms with E-state index in [4.69, 9.17) is 4.42 Å².